The molecule has 2 heteroatoms. The molecule has 0 atom stereocenters. The average molecular weight is 323 g/mol. The highest BCUT2D eigenvalue weighted by Crippen LogP contribution is 2.44. The molecule has 0 bridgehead atoms. The van der Waals surface area contributed by atoms with Crippen molar-refractivity contribution in [2.24, 2.45) is 4.99 Å². The summed E-state index contributed by atoms with van der Waals surface area (Å²) in [4.78, 5) is 4.79. The van der Waals surface area contributed by atoms with Crippen LogP contribution in [0, 0.1) is 0 Å². The van der Waals surface area contributed by atoms with Crippen molar-refractivity contribution < 1.29 is 4.74 Å². The van der Waals surface area contributed by atoms with Crippen molar-refractivity contribution in [1.29, 1.82) is 0 Å². The summed E-state index contributed by atoms with van der Waals surface area (Å²) in [5, 5.41) is 0. The van der Waals surface area contributed by atoms with Gasteiger partial charge in [0.25, 0.3) is 0 Å². The Morgan fingerprint density at radius 3 is 1.88 bits per heavy atom. The predicted octanol–water partition coefficient (Wildman–Crippen LogP) is 4.89. The second-order valence-corrected chi connectivity index (χ2v) is 6.42. The zero-order valence-electron chi connectivity index (χ0n) is 13.7. The van der Waals surface area contributed by atoms with Crippen LogP contribution in [-0.2, 0) is 10.3 Å². The monoisotopic (exact) mass is 323 g/mol. The minimum Gasteiger partial charge on any atom is -0.459 e. The van der Waals surface area contributed by atoms with E-state index in [1.807, 2.05) is 30.3 Å². The summed E-state index contributed by atoms with van der Waals surface area (Å²) in [5.41, 5.74) is 5.16. The molecule has 1 heterocycles. The number of ether oxygens (including phenoxy) is 1. The van der Waals surface area contributed by atoms with Gasteiger partial charge in [-0.15, -0.1) is 0 Å². The van der Waals surface area contributed by atoms with Crippen LogP contribution in [0.3, 0.4) is 0 Å². The van der Waals surface area contributed by atoms with Gasteiger partial charge in [-0.05, 0) is 23.3 Å². The third kappa shape index (κ3) is 2.14. The van der Waals surface area contributed by atoms with Gasteiger partial charge in [-0.25, -0.2) is 4.99 Å². The first kappa shape index (κ1) is 14.2. The molecule has 25 heavy (non-hydrogen) atoms. The van der Waals surface area contributed by atoms with E-state index < -0.39 is 5.60 Å². The molecule has 0 saturated carbocycles. The van der Waals surface area contributed by atoms with Crippen molar-refractivity contribution in [2.45, 2.75) is 5.60 Å². The SMILES string of the molecule is C1=Cc2ccccc2C2(CN=C(c3ccccc3)O2)c2ccccc21. The van der Waals surface area contributed by atoms with E-state index in [2.05, 4.69) is 60.7 Å². The topological polar surface area (TPSA) is 21.6 Å². The van der Waals surface area contributed by atoms with Crippen LogP contribution in [0.4, 0.5) is 0 Å². The van der Waals surface area contributed by atoms with Crippen molar-refractivity contribution in [3.63, 3.8) is 0 Å². The Morgan fingerprint density at radius 1 is 0.680 bits per heavy atom. The van der Waals surface area contributed by atoms with E-state index in [1.165, 1.54) is 22.3 Å². The molecule has 0 unspecified atom stereocenters. The lowest BCUT2D eigenvalue weighted by Crippen LogP contribution is -2.33. The average Bonchev–Trinajstić information content (AvgIpc) is 3.08. The van der Waals surface area contributed by atoms with Gasteiger partial charge >= 0.3 is 0 Å². The third-order valence-corrected chi connectivity index (χ3v) is 4.97. The van der Waals surface area contributed by atoms with Gasteiger partial charge in [-0.1, -0.05) is 78.9 Å². The first-order valence-electron chi connectivity index (χ1n) is 8.53. The Kier molecular flexibility index (Phi) is 3.10. The molecule has 1 spiro atoms. The second-order valence-electron chi connectivity index (χ2n) is 6.42. The second kappa shape index (κ2) is 5.45. The predicted molar refractivity (Wildman–Crippen MR) is 102 cm³/mol. The molecule has 1 aliphatic heterocycles. The van der Waals surface area contributed by atoms with Crippen LogP contribution in [0.15, 0.2) is 83.9 Å². The first-order valence-corrected chi connectivity index (χ1v) is 8.53. The van der Waals surface area contributed by atoms with Crippen molar-refractivity contribution in [3.8, 4) is 0 Å². The number of nitrogens with zero attached hydrogens (tertiary/aromatic N) is 1. The van der Waals surface area contributed by atoms with Crippen molar-refractivity contribution in [1.82, 2.24) is 0 Å². The fourth-order valence-corrected chi connectivity index (χ4v) is 3.77. The smallest absolute Gasteiger partial charge is 0.217 e. The Bertz CT molecular complexity index is 952. The molecule has 0 saturated heterocycles. The number of rotatable bonds is 1. The van der Waals surface area contributed by atoms with Gasteiger partial charge in [0, 0.05) is 16.7 Å². The zero-order valence-corrected chi connectivity index (χ0v) is 13.7. The van der Waals surface area contributed by atoms with Crippen LogP contribution in [0.2, 0.25) is 0 Å². The lowest BCUT2D eigenvalue weighted by Gasteiger charge is -2.31. The highest BCUT2D eigenvalue weighted by Gasteiger charge is 2.44. The number of benzene rings is 3. The summed E-state index contributed by atoms with van der Waals surface area (Å²) < 4.78 is 6.62. The summed E-state index contributed by atoms with van der Waals surface area (Å²) in [6, 6.07) is 27.0. The van der Waals surface area contributed by atoms with Gasteiger partial charge in [-0.2, -0.15) is 0 Å². The molecule has 0 N–H and O–H groups in total. The molecule has 3 aromatic rings. The summed E-state index contributed by atoms with van der Waals surface area (Å²) in [6.45, 7) is 0.590. The van der Waals surface area contributed by atoms with Crippen LogP contribution in [-0.4, -0.2) is 12.4 Å². The van der Waals surface area contributed by atoms with Gasteiger partial charge in [0.1, 0.15) is 0 Å². The Labute approximate surface area is 147 Å². The Balaban J connectivity index is 1.70. The van der Waals surface area contributed by atoms with E-state index >= 15 is 0 Å². The fourth-order valence-electron chi connectivity index (χ4n) is 3.77. The summed E-state index contributed by atoms with van der Waals surface area (Å²) in [5.74, 6) is 0.715. The summed E-state index contributed by atoms with van der Waals surface area (Å²) in [7, 11) is 0. The van der Waals surface area contributed by atoms with Gasteiger partial charge in [0.15, 0.2) is 5.60 Å². The molecule has 2 nitrogen and oxygen atoms in total. The highest BCUT2D eigenvalue weighted by molar-refractivity contribution is 5.96. The fraction of sp³-hybridized carbons (Fsp3) is 0.0870. The van der Waals surface area contributed by atoms with E-state index in [4.69, 9.17) is 9.73 Å². The van der Waals surface area contributed by atoms with Gasteiger partial charge in [0.2, 0.25) is 5.90 Å². The molecule has 1 aliphatic carbocycles. The van der Waals surface area contributed by atoms with Crippen LogP contribution in [0.1, 0.15) is 27.8 Å². The van der Waals surface area contributed by atoms with E-state index in [-0.39, 0.29) is 0 Å². The van der Waals surface area contributed by atoms with E-state index in [1.54, 1.807) is 0 Å². The zero-order chi connectivity index (χ0) is 16.7. The lowest BCUT2D eigenvalue weighted by molar-refractivity contribution is 0.132. The largest absolute Gasteiger partial charge is 0.459 e. The van der Waals surface area contributed by atoms with E-state index in [0.29, 0.717) is 12.4 Å². The molecule has 0 radical (unpaired) electrons. The molecule has 0 fully saturated rings. The lowest BCUT2D eigenvalue weighted by atomic mass is 9.83. The van der Waals surface area contributed by atoms with Gasteiger partial charge < -0.3 is 4.74 Å². The van der Waals surface area contributed by atoms with Crippen LogP contribution < -0.4 is 0 Å². The Hall–Kier alpha value is -3.13. The first-order chi connectivity index (χ1) is 12.4. The molecule has 0 amide bonds. The third-order valence-electron chi connectivity index (χ3n) is 4.97. The maximum atomic E-state index is 6.62. The molecular formula is C23H17NO. The van der Waals surface area contributed by atoms with Gasteiger partial charge in [-0.3, -0.25) is 0 Å². The molecule has 120 valence electrons. The maximum absolute atomic E-state index is 6.62. The molecule has 5 rings (SSSR count). The summed E-state index contributed by atoms with van der Waals surface area (Å²) >= 11 is 0. The van der Waals surface area contributed by atoms with Crippen LogP contribution in [0.5, 0.6) is 0 Å². The number of hydrogen-bond acceptors (Lipinski definition) is 2. The highest BCUT2D eigenvalue weighted by atomic mass is 16.5. The molecule has 0 aromatic heterocycles. The van der Waals surface area contributed by atoms with Gasteiger partial charge in [0.05, 0.1) is 6.54 Å². The van der Waals surface area contributed by atoms with Crippen LogP contribution in [0.25, 0.3) is 12.2 Å². The standard InChI is InChI=1S/C23H17NO/c1-2-10-19(11-3-1)22-24-16-23(25-22)20-12-6-4-8-17(20)14-15-18-9-5-7-13-21(18)23/h1-15H,16H2. The maximum Gasteiger partial charge on any atom is 0.217 e. The Morgan fingerprint density at radius 2 is 1.24 bits per heavy atom. The number of aliphatic imine (C=N–C) groups is 1. The normalized spacial score (nSPS) is 16.6. The van der Waals surface area contributed by atoms with Crippen molar-refractivity contribution >= 4 is 18.0 Å². The van der Waals surface area contributed by atoms with Crippen molar-refractivity contribution in [2.75, 3.05) is 6.54 Å². The minimum absolute atomic E-state index is 0.568. The minimum atomic E-state index is -0.568. The van der Waals surface area contributed by atoms with Crippen LogP contribution >= 0.6 is 0 Å². The molecule has 2 aliphatic rings. The van der Waals surface area contributed by atoms with Crippen molar-refractivity contribution in [3.05, 3.63) is 107 Å². The number of fused-ring (bicyclic) bond motifs is 4. The molecular weight excluding hydrogens is 306 g/mol. The molecule has 3 aromatic carbocycles. The van der Waals surface area contributed by atoms with E-state index in [0.717, 1.165) is 5.56 Å². The van der Waals surface area contributed by atoms with E-state index in [9.17, 15) is 0 Å². The number of hydrogen-bond donors (Lipinski definition) is 0. The quantitative estimate of drug-likeness (QED) is 0.625. The summed E-state index contributed by atoms with van der Waals surface area (Å²) in [6.07, 6.45) is 4.35.